The van der Waals surface area contributed by atoms with Crippen molar-refractivity contribution in [1.82, 2.24) is 0 Å². The number of hydrogen-bond donors (Lipinski definition) is 1. The molecule has 0 saturated heterocycles. The van der Waals surface area contributed by atoms with Crippen molar-refractivity contribution in [3.8, 4) is 0 Å². The molecule has 3 atom stereocenters. The summed E-state index contributed by atoms with van der Waals surface area (Å²) in [6, 6.07) is 39.3. The molecule has 5 rings (SSSR count). The summed E-state index contributed by atoms with van der Waals surface area (Å²) in [7, 11) is 0. The van der Waals surface area contributed by atoms with Crippen LogP contribution in [0.4, 0.5) is 0 Å². The van der Waals surface area contributed by atoms with Gasteiger partial charge in [-0.05, 0) is 34.8 Å². The zero-order chi connectivity index (χ0) is 23.6. The van der Waals surface area contributed by atoms with Crippen LogP contribution in [0.25, 0.3) is 5.57 Å². The average molecular weight is 445 g/mol. The summed E-state index contributed by atoms with van der Waals surface area (Å²) in [6.07, 6.45) is 2.56. The second kappa shape index (κ2) is 8.89. The topological polar surface area (TPSA) is 37.3 Å². The maximum Gasteiger partial charge on any atom is 0.170 e. The van der Waals surface area contributed by atoms with Gasteiger partial charge >= 0.3 is 0 Å². The smallest absolute Gasteiger partial charge is 0.170 e. The van der Waals surface area contributed by atoms with Gasteiger partial charge in [0, 0.05) is 11.0 Å². The number of ketones is 1. The third kappa shape index (κ3) is 3.81. The van der Waals surface area contributed by atoms with E-state index >= 15 is 0 Å². The minimum Gasteiger partial charge on any atom is -0.380 e. The Morgan fingerprint density at radius 1 is 0.706 bits per heavy atom. The van der Waals surface area contributed by atoms with Crippen LogP contribution in [0.1, 0.15) is 40.4 Å². The molecule has 0 fully saturated rings. The molecule has 0 radical (unpaired) electrons. The lowest BCUT2D eigenvalue weighted by Crippen LogP contribution is -2.53. The van der Waals surface area contributed by atoms with E-state index in [2.05, 4.69) is 31.2 Å². The SMILES string of the molecule is C[C@@]1(c2ccccc2)CC(c2ccccc2)=C[C@](O)(c2ccccc2)[C@H]1C(=O)c1ccccc1. The quantitative estimate of drug-likeness (QED) is 0.343. The first kappa shape index (κ1) is 22.1. The number of aliphatic hydroxyl groups is 1. The van der Waals surface area contributed by atoms with Gasteiger partial charge in [-0.1, -0.05) is 128 Å². The van der Waals surface area contributed by atoms with Crippen LogP contribution in [-0.4, -0.2) is 10.9 Å². The van der Waals surface area contributed by atoms with Crippen molar-refractivity contribution in [3.05, 3.63) is 150 Å². The molecule has 0 bridgehead atoms. The van der Waals surface area contributed by atoms with Gasteiger partial charge in [0.25, 0.3) is 0 Å². The maximum absolute atomic E-state index is 14.2. The van der Waals surface area contributed by atoms with E-state index in [0.717, 1.165) is 22.3 Å². The standard InChI is InChI=1S/C32H28O2/c1-31(27-18-10-4-11-19-27)22-26(24-14-6-2-7-15-24)23-32(34,28-20-12-5-13-21-28)30(31)29(33)25-16-8-3-9-17-25/h2-21,23,30,34H,22H2,1H3/t30-,31-,32-/m0/s1. The molecule has 1 aliphatic rings. The van der Waals surface area contributed by atoms with Gasteiger partial charge in [0.15, 0.2) is 5.78 Å². The first-order valence-corrected chi connectivity index (χ1v) is 11.7. The molecule has 0 aromatic heterocycles. The van der Waals surface area contributed by atoms with Crippen molar-refractivity contribution in [3.63, 3.8) is 0 Å². The van der Waals surface area contributed by atoms with Crippen LogP contribution in [0.5, 0.6) is 0 Å². The number of hydrogen-bond acceptors (Lipinski definition) is 2. The van der Waals surface area contributed by atoms with Crippen molar-refractivity contribution in [1.29, 1.82) is 0 Å². The number of carbonyl (C=O) groups is 1. The lowest BCUT2D eigenvalue weighted by Gasteiger charge is -2.49. The number of Topliss-reactive ketones (excluding diaryl/α,β-unsaturated/α-hetero) is 1. The molecule has 0 saturated carbocycles. The molecule has 0 spiro atoms. The molecular weight excluding hydrogens is 416 g/mol. The van der Waals surface area contributed by atoms with E-state index in [1.165, 1.54) is 0 Å². The van der Waals surface area contributed by atoms with Gasteiger partial charge in [0.1, 0.15) is 5.60 Å². The Balaban J connectivity index is 1.80. The Labute approximate surface area is 201 Å². The normalized spacial score (nSPS) is 24.3. The van der Waals surface area contributed by atoms with Crippen LogP contribution in [0.3, 0.4) is 0 Å². The first-order chi connectivity index (χ1) is 16.5. The molecule has 0 aliphatic heterocycles. The fourth-order valence-corrected chi connectivity index (χ4v) is 5.52. The Morgan fingerprint density at radius 2 is 1.18 bits per heavy atom. The van der Waals surface area contributed by atoms with Crippen molar-refractivity contribution in [2.24, 2.45) is 5.92 Å². The summed E-state index contributed by atoms with van der Waals surface area (Å²) in [6.45, 7) is 2.12. The summed E-state index contributed by atoms with van der Waals surface area (Å²) in [5.41, 5.74) is 2.35. The van der Waals surface area contributed by atoms with E-state index in [1.807, 2.05) is 103 Å². The van der Waals surface area contributed by atoms with Crippen LogP contribution in [0.15, 0.2) is 127 Å². The minimum absolute atomic E-state index is 0.0540. The highest BCUT2D eigenvalue weighted by Gasteiger charge is 2.55. The second-order valence-corrected chi connectivity index (χ2v) is 9.35. The monoisotopic (exact) mass is 444 g/mol. The molecule has 4 aromatic carbocycles. The molecule has 1 aliphatic carbocycles. The number of carbonyl (C=O) groups excluding carboxylic acids is 1. The van der Waals surface area contributed by atoms with E-state index < -0.39 is 16.9 Å². The van der Waals surface area contributed by atoms with Crippen LogP contribution in [0, 0.1) is 5.92 Å². The maximum atomic E-state index is 14.2. The van der Waals surface area contributed by atoms with Gasteiger partial charge in [-0.2, -0.15) is 0 Å². The van der Waals surface area contributed by atoms with Gasteiger partial charge in [-0.15, -0.1) is 0 Å². The zero-order valence-electron chi connectivity index (χ0n) is 19.3. The van der Waals surface area contributed by atoms with Gasteiger partial charge in [0.05, 0.1) is 5.92 Å². The zero-order valence-corrected chi connectivity index (χ0v) is 19.3. The fourth-order valence-electron chi connectivity index (χ4n) is 5.52. The van der Waals surface area contributed by atoms with Gasteiger partial charge < -0.3 is 5.11 Å². The minimum atomic E-state index is -1.48. The summed E-state index contributed by atoms with van der Waals surface area (Å²) in [5.74, 6) is -0.763. The first-order valence-electron chi connectivity index (χ1n) is 11.7. The molecule has 4 aromatic rings. The largest absolute Gasteiger partial charge is 0.380 e. The van der Waals surface area contributed by atoms with Crippen molar-refractivity contribution in [2.45, 2.75) is 24.4 Å². The van der Waals surface area contributed by atoms with Crippen molar-refractivity contribution in [2.75, 3.05) is 0 Å². The highest BCUT2D eigenvalue weighted by atomic mass is 16.3. The third-order valence-electron chi connectivity index (χ3n) is 7.16. The van der Waals surface area contributed by atoms with Crippen LogP contribution in [-0.2, 0) is 11.0 Å². The van der Waals surface area contributed by atoms with Gasteiger partial charge in [-0.3, -0.25) is 4.79 Å². The van der Waals surface area contributed by atoms with Gasteiger partial charge in [-0.25, -0.2) is 0 Å². The summed E-state index contributed by atoms with van der Waals surface area (Å²) in [5, 5.41) is 12.6. The summed E-state index contributed by atoms with van der Waals surface area (Å²) < 4.78 is 0. The Morgan fingerprint density at radius 3 is 1.74 bits per heavy atom. The second-order valence-electron chi connectivity index (χ2n) is 9.35. The van der Waals surface area contributed by atoms with E-state index in [4.69, 9.17) is 0 Å². The Hall–Kier alpha value is -3.75. The van der Waals surface area contributed by atoms with E-state index in [0.29, 0.717) is 12.0 Å². The Kier molecular flexibility index (Phi) is 5.77. The van der Waals surface area contributed by atoms with E-state index in [9.17, 15) is 9.90 Å². The predicted molar refractivity (Wildman–Crippen MR) is 137 cm³/mol. The number of allylic oxidation sites excluding steroid dienone is 1. The molecule has 0 heterocycles. The Bertz CT molecular complexity index is 1300. The highest BCUT2D eigenvalue weighted by molar-refractivity contribution is 6.01. The lowest BCUT2D eigenvalue weighted by atomic mass is 9.54. The average Bonchev–Trinajstić information content (AvgIpc) is 2.90. The van der Waals surface area contributed by atoms with Gasteiger partial charge in [0.2, 0.25) is 0 Å². The third-order valence-corrected chi connectivity index (χ3v) is 7.16. The van der Waals surface area contributed by atoms with Crippen LogP contribution >= 0.6 is 0 Å². The molecule has 2 heteroatoms. The number of rotatable bonds is 5. The predicted octanol–water partition coefficient (Wildman–Crippen LogP) is 6.82. The van der Waals surface area contributed by atoms with Crippen LogP contribution < -0.4 is 0 Å². The fraction of sp³-hybridized carbons (Fsp3) is 0.156. The molecule has 1 N–H and O–H groups in total. The van der Waals surface area contributed by atoms with E-state index in [-0.39, 0.29) is 5.78 Å². The van der Waals surface area contributed by atoms with Crippen molar-refractivity contribution < 1.29 is 9.90 Å². The van der Waals surface area contributed by atoms with E-state index in [1.54, 1.807) is 0 Å². The number of benzene rings is 4. The van der Waals surface area contributed by atoms with Crippen molar-refractivity contribution >= 4 is 11.4 Å². The molecular formula is C32H28O2. The molecule has 2 nitrogen and oxygen atoms in total. The lowest BCUT2D eigenvalue weighted by molar-refractivity contribution is -0.00846. The molecule has 0 amide bonds. The highest BCUT2D eigenvalue weighted by Crippen LogP contribution is 2.54. The molecule has 168 valence electrons. The molecule has 0 unspecified atom stereocenters. The summed E-state index contributed by atoms with van der Waals surface area (Å²) in [4.78, 5) is 14.2. The molecule has 34 heavy (non-hydrogen) atoms. The summed E-state index contributed by atoms with van der Waals surface area (Å²) >= 11 is 0. The van der Waals surface area contributed by atoms with Crippen LogP contribution in [0.2, 0.25) is 0 Å².